The first-order chi connectivity index (χ1) is 8.92. The second-order valence-corrected chi connectivity index (χ2v) is 5.83. The van der Waals surface area contributed by atoms with Gasteiger partial charge in [-0.05, 0) is 30.0 Å². The third kappa shape index (κ3) is 5.81. The van der Waals surface area contributed by atoms with E-state index in [9.17, 15) is 9.90 Å². The fourth-order valence-corrected chi connectivity index (χ4v) is 2.34. The Labute approximate surface area is 123 Å². The van der Waals surface area contributed by atoms with Crippen LogP contribution in [0.25, 0.3) is 0 Å². The Morgan fingerprint density at radius 1 is 1.37 bits per heavy atom. The van der Waals surface area contributed by atoms with Crippen LogP contribution in [-0.4, -0.2) is 23.7 Å². The van der Waals surface area contributed by atoms with Gasteiger partial charge in [0.15, 0.2) is 0 Å². The molecule has 1 unspecified atom stereocenters. The van der Waals surface area contributed by atoms with E-state index in [1.165, 1.54) is 0 Å². The molecule has 0 radical (unpaired) electrons. The van der Waals surface area contributed by atoms with E-state index in [1.54, 1.807) is 18.2 Å². The molecule has 0 aliphatic heterocycles. The molecule has 1 rings (SSSR count). The van der Waals surface area contributed by atoms with Crippen molar-refractivity contribution < 1.29 is 9.90 Å². The van der Waals surface area contributed by atoms with Gasteiger partial charge in [-0.2, -0.15) is 0 Å². The van der Waals surface area contributed by atoms with Gasteiger partial charge in [-0.3, -0.25) is 4.79 Å². The number of halogens is 2. The highest BCUT2D eigenvalue weighted by molar-refractivity contribution is 6.35. The van der Waals surface area contributed by atoms with Crippen LogP contribution in [0.1, 0.15) is 25.8 Å². The van der Waals surface area contributed by atoms with Crippen molar-refractivity contribution in [2.75, 3.05) is 6.61 Å². The number of rotatable bonds is 6. The summed E-state index contributed by atoms with van der Waals surface area (Å²) in [5.41, 5.74) is 0.727. The summed E-state index contributed by atoms with van der Waals surface area (Å²) in [6.07, 6.45) is 0.932. The Kier molecular flexibility index (Phi) is 6.63. The van der Waals surface area contributed by atoms with Crippen LogP contribution in [0.5, 0.6) is 0 Å². The molecule has 5 heteroatoms. The van der Waals surface area contributed by atoms with Crippen molar-refractivity contribution >= 4 is 29.1 Å². The number of hydrogen-bond acceptors (Lipinski definition) is 2. The largest absolute Gasteiger partial charge is 0.394 e. The van der Waals surface area contributed by atoms with Crippen molar-refractivity contribution in [3.05, 3.63) is 33.8 Å². The van der Waals surface area contributed by atoms with Crippen LogP contribution in [-0.2, 0) is 11.2 Å². The molecule has 0 bridgehead atoms. The van der Waals surface area contributed by atoms with Crippen LogP contribution in [0.15, 0.2) is 18.2 Å². The summed E-state index contributed by atoms with van der Waals surface area (Å²) in [6, 6.07) is 4.84. The molecule has 1 aromatic carbocycles. The number of hydrogen-bond donors (Lipinski definition) is 2. The molecule has 19 heavy (non-hydrogen) atoms. The maximum Gasteiger partial charge on any atom is 0.224 e. The van der Waals surface area contributed by atoms with Gasteiger partial charge in [0.25, 0.3) is 0 Å². The van der Waals surface area contributed by atoms with Crippen molar-refractivity contribution in [3.8, 4) is 0 Å². The van der Waals surface area contributed by atoms with Gasteiger partial charge in [0.2, 0.25) is 5.91 Å². The number of carbonyl (C=O) groups is 1. The van der Waals surface area contributed by atoms with Gasteiger partial charge in [0.1, 0.15) is 0 Å². The van der Waals surface area contributed by atoms with Gasteiger partial charge >= 0.3 is 0 Å². The number of amides is 1. The van der Waals surface area contributed by atoms with Crippen molar-refractivity contribution in [1.29, 1.82) is 0 Å². The summed E-state index contributed by atoms with van der Waals surface area (Å²) in [6.45, 7) is 4.04. The van der Waals surface area contributed by atoms with Gasteiger partial charge in [-0.25, -0.2) is 0 Å². The molecule has 1 amide bonds. The van der Waals surface area contributed by atoms with E-state index in [1.807, 2.05) is 13.8 Å². The van der Waals surface area contributed by atoms with E-state index < -0.39 is 0 Å². The summed E-state index contributed by atoms with van der Waals surface area (Å²) in [5, 5.41) is 13.1. The minimum absolute atomic E-state index is 0.0573. The number of aliphatic hydroxyl groups is 1. The number of carbonyl (C=O) groups excluding carboxylic acids is 1. The highest BCUT2D eigenvalue weighted by Gasteiger charge is 2.14. The van der Waals surface area contributed by atoms with Crippen molar-refractivity contribution in [2.24, 2.45) is 5.92 Å². The smallest absolute Gasteiger partial charge is 0.224 e. The van der Waals surface area contributed by atoms with Gasteiger partial charge in [0, 0.05) is 10.0 Å². The average Bonchev–Trinajstić information content (AvgIpc) is 2.31. The van der Waals surface area contributed by atoms with Gasteiger partial charge < -0.3 is 10.4 Å². The van der Waals surface area contributed by atoms with Crippen LogP contribution in [0.3, 0.4) is 0 Å². The van der Waals surface area contributed by atoms with E-state index in [2.05, 4.69) is 5.32 Å². The zero-order chi connectivity index (χ0) is 14.4. The van der Waals surface area contributed by atoms with E-state index in [-0.39, 0.29) is 25.0 Å². The molecule has 0 heterocycles. The molecule has 106 valence electrons. The molecule has 0 aliphatic carbocycles. The van der Waals surface area contributed by atoms with E-state index >= 15 is 0 Å². The Morgan fingerprint density at radius 2 is 2.05 bits per heavy atom. The molecule has 0 aliphatic rings. The zero-order valence-corrected chi connectivity index (χ0v) is 12.6. The molecule has 0 saturated carbocycles. The molecule has 1 aromatic rings. The van der Waals surface area contributed by atoms with Crippen LogP contribution < -0.4 is 5.32 Å². The number of nitrogens with one attached hydrogen (secondary N) is 1. The second kappa shape index (κ2) is 7.73. The lowest BCUT2D eigenvalue weighted by molar-refractivity contribution is -0.121. The fraction of sp³-hybridized carbons (Fsp3) is 0.500. The van der Waals surface area contributed by atoms with E-state index in [0.717, 1.165) is 12.0 Å². The Hall–Kier alpha value is -0.770. The summed E-state index contributed by atoms with van der Waals surface area (Å²) >= 11 is 11.8. The molecule has 3 nitrogen and oxygen atoms in total. The minimum atomic E-state index is -0.210. The molecule has 0 spiro atoms. The predicted molar refractivity (Wildman–Crippen MR) is 78.6 cm³/mol. The third-order valence-corrected chi connectivity index (χ3v) is 3.29. The maximum atomic E-state index is 11.9. The highest BCUT2D eigenvalue weighted by Crippen LogP contribution is 2.21. The quantitative estimate of drug-likeness (QED) is 0.848. The first kappa shape index (κ1) is 16.3. The third-order valence-electron chi connectivity index (χ3n) is 2.71. The lowest BCUT2D eigenvalue weighted by Crippen LogP contribution is -2.39. The van der Waals surface area contributed by atoms with Gasteiger partial charge in [-0.15, -0.1) is 0 Å². The lowest BCUT2D eigenvalue weighted by atomic mass is 10.0. The van der Waals surface area contributed by atoms with Gasteiger partial charge in [0.05, 0.1) is 19.1 Å². The van der Waals surface area contributed by atoms with Crippen LogP contribution >= 0.6 is 23.2 Å². The van der Waals surface area contributed by atoms with Crippen LogP contribution in [0, 0.1) is 5.92 Å². The first-order valence-corrected chi connectivity index (χ1v) is 7.02. The standard InChI is InChI=1S/C14H19Cl2NO2/c1-9(2)5-12(8-18)17-14(19)6-10-3-4-11(15)7-13(10)16/h3-4,7,9,12,18H,5-6,8H2,1-2H3,(H,17,19). The summed E-state index contributed by atoms with van der Waals surface area (Å²) in [7, 11) is 0. The first-order valence-electron chi connectivity index (χ1n) is 6.26. The molecule has 0 fully saturated rings. The number of benzene rings is 1. The molecule has 2 N–H and O–H groups in total. The summed E-state index contributed by atoms with van der Waals surface area (Å²) in [4.78, 5) is 11.9. The average molecular weight is 304 g/mol. The van der Waals surface area contributed by atoms with Crippen molar-refractivity contribution in [1.82, 2.24) is 5.32 Å². The summed E-state index contributed by atoms with van der Waals surface area (Å²) < 4.78 is 0. The summed E-state index contributed by atoms with van der Waals surface area (Å²) in [5.74, 6) is 0.264. The molecular weight excluding hydrogens is 285 g/mol. The van der Waals surface area contributed by atoms with Crippen LogP contribution in [0.2, 0.25) is 10.0 Å². The molecular formula is C14H19Cl2NO2. The van der Waals surface area contributed by atoms with E-state index in [0.29, 0.717) is 16.0 Å². The van der Waals surface area contributed by atoms with Crippen LogP contribution in [0.4, 0.5) is 0 Å². The van der Waals surface area contributed by atoms with Crippen molar-refractivity contribution in [3.63, 3.8) is 0 Å². The molecule has 1 atom stereocenters. The fourth-order valence-electron chi connectivity index (χ4n) is 1.86. The topological polar surface area (TPSA) is 49.3 Å². The monoisotopic (exact) mass is 303 g/mol. The second-order valence-electron chi connectivity index (χ2n) is 4.99. The van der Waals surface area contributed by atoms with Crippen molar-refractivity contribution in [2.45, 2.75) is 32.7 Å². The zero-order valence-electron chi connectivity index (χ0n) is 11.1. The maximum absolute atomic E-state index is 11.9. The lowest BCUT2D eigenvalue weighted by Gasteiger charge is -2.18. The Bertz CT molecular complexity index is 435. The van der Waals surface area contributed by atoms with E-state index in [4.69, 9.17) is 23.2 Å². The SMILES string of the molecule is CC(C)CC(CO)NC(=O)Cc1ccc(Cl)cc1Cl. The molecule has 0 aromatic heterocycles. The Morgan fingerprint density at radius 3 is 2.58 bits per heavy atom. The predicted octanol–water partition coefficient (Wildman–Crippen LogP) is 3.06. The minimum Gasteiger partial charge on any atom is -0.394 e. The normalized spacial score (nSPS) is 12.5. The molecule has 0 saturated heterocycles. The Balaban J connectivity index is 2.59. The van der Waals surface area contributed by atoms with Gasteiger partial charge in [-0.1, -0.05) is 43.1 Å². The number of aliphatic hydroxyl groups excluding tert-OH is 1. The highest BCUT2D eigenvalue weighted by atomic mass is 35.5.